The molecular formula is C10H18N6. The standard InChI is InChI=1S/C10H18N6/c1-7-8-9(15(4)13-7)16(10(11)12-8)6-5-14(2)3/h5-6H2,1-4H3,(H2,11,12). The van der Waals surface area contributed by atoms with E-state index in [1.54, 1.807) is 0 Å². The molecule has 6 nitrogen and oxygen atoms in total. The number of hydrogen-bond acceptors (Lipinski definition) is 4. The van der Waals surface area contributed by atoms with Gasteiger partial charge in [-0.1, -0.05) is 0 Å². The van der Waals surface area contributed by atoms with Gasteiger partial charge in [-0.3, -0.25) is 9.25 Å². The van der Waals surface area contributed by atoms with E-state index in [9.17, 15) is 0 Å². The zero-order chi connectivity index (χ0) is 11.9. The first-order valence-corrected chi connectivity index (χ1v) is 5.30. The zero-order valence-corrected chi connectivity index (χ0v) is 10.2. The lowest BCUT2D eigenvalue weighted by Crippen LogP contribution is -2.20. The van der Waals surface area contributed by atoms with E-state index in [0.29, 0.717) is 5.95 Å². The summed E-state index contributed by atoms with van der Waals surface area (Å²) in [5.74, 6) is 0.563. The maximum absolute atomic E-state index is 5.91. The summed E-state index contributed by atoms with van der Waals surface area (Å²) in [5, 5.41) is 4.34. The van der Waals surface area contributed by atoms with E-state index < -0.39 is 0 Å². The van der Waals surface area contributed by atoms with Crippen LogP contribution in [0.2, 0.25) is 0 Å². The molecule has 2 heterocycles. The topological polar surface area (TPSA) is 64.9 Å². The Morgan fingerprint density at radius 1 is 1.38 bits per heavy atom. The molecule has 88 valence electrons. The molecule has 0 aliphatic rings. The van der Waals surface area contributed by atoms with E-state index in [4.69, 9.17) is 5.73 Å². The number of hydrogen-bond donors (Lipinski definition) is 1. The molecule has 0 fully saturated rings. The Hall–Kier alpha value is -1.56. The zero-order valence-electron chi connectivity index (χ0n) is 10.2. The second-order valence-electron chi connectivity index (χ2n) is 4.31. The molecule has 0 aliphatic carbocycles. The molecule has 0 amide bonds. The van der Waals surface area contributed by atoms with Crippen LogP contribution < -0.4 is 5.73 Å². The van der Waals surface area contributed by atoms with Gasteiger partial charge in [-0.2, -0.15) is 5.10 Å². The predicted octanol–water partition coefficient (Wildman–Crippen LogP) is 0.222. The Bertz CT molecular complexity index is 507. The fraction of sp³-hybridized carbons (Fsp3) is 0.600. The lowest BCUT2D eigenvalue weighted by atomic mass is 10.4. The van der Waals surface area contributed by atoms with Crippen LogP contribution in [-0.4, -0.2) is 44.9 Å². The van der Waals surface area contributed by atoms with Gasteiger partial charge in [0.25, 0.3) is 0 Å². The van der Waals surface area contributed by atoms with Crippen LogP contribution in [0.3, 0.4) is 0 Å². The van der Waals surface area contributed by atoms with E-state index in [-0.39, 0.29) is 0 Å². The number of nitrogen functional groups attached to an aromatic ring is 1. The molecule has 0 radical (unpaired) electrons. The number of aromatic nitrogens is 4. The van der Waals surface area contributed by atoms with Crippen molar-refractivity contribution in [3.8, 4) is 0 Å². The maximum Gasteiger partial charge on any atom is 0.202 e. The number of aryl methyl sites for hydroxylation is 2. The minimum Gasteiger partial charge on any atom is -0.369 e. The van der Waals surface area contributed by atoms with E-state index >= 15 is 0 Å². The first-order valence-electron chi connectivity index (χ1n) is 5.30. The van der Waals surface area contributed by atoms with E-state index in [0.717, 1.165) is 29.9 Å². The fourth-order valence-corrected chi connectivity index (χ4v) is 1.87. The number of nitrogens with zero attached hydrogens (tertiary/aromatic N) is 5. The molecule has 2 rings (SSSR count). The minimum atomic E-state index is 0.563. The molecule has 0 bridgehead atoms. The lowest BCUT2D eigenvalue weighted by molar-refractivity contribution is 0.386. The fourth-order valence-electron chi connectivity index (χ4n) is 1.87. The van der Waals surface area contributed by atoms with Crippen molar-refractivity contribution in [2.24, 2.45) is 7.05 Å². The minimum absolute atomic E-state index is 0.563. The van der Waals surface area contributed by atoms with E-state index in [1.807, 2.05) is 37.3 Å². The van der Waals surface area contributed by atoms with Crippen molar-refractivity contribution in [3.63, 3.8) is 0 Å². The molecule has 16 heavy (non-hydrogen) atoms. The number of fused-ring (bicyclic) bond motifs is 1. The third-order valence-corrected chi connectivity index (χ3v) is 2.69. The number of rotatable bonds is 3. The van der Waals surface area contributed by atoms with Crippen molar-refractivity contribution in [3.05, 3.63) is 5.69 Å². The van der Waals surface area contributed by atoms with Gasteiger partial charge in [0.2, 0.25) is 5.95 Å². The van der Waals surface area contributed by atoms with Crippen molar-refractivity contribution in [1.82, 2.24) is 24.2 Å². The molecule has 2 N–H and O–H groups in total. The Balaban J connectivity index is 2.46. The van der Waals surface area contributed by atoms with Crippen molar-refractivity contribution in [2.45, 2.75) is 13.5 Å². The SMILES string of the molecule is Cc1nn(C)c2c1nc(N)n2CCN(C)C. The van der Waals surface area contributed by atoms with Gasteiger partial charge >= 0.3 is 0 Å². The van der Waals surface area contributed by atoms with Crippen molar-refractivity contribution < 1.29 is 0 Å². The molecule has 0 aromatic carbocycles. The summed E-state index contributed by atoms with van der Waals surface area (Å²) in [4.78, 5) is 6.47. The van der Waals surface area contributed by atoms with Crippen LogP contribution in [0.15, 0.2) is 0 Å². The molecule has 2 aromatic rings. The molecule has 0 aliphatic heterocycles. The first kappa shape index (κ1) is 10.9. The summed E-state index contributed by atoms with van der Waals surface area (Å²) in [6.45, 7) is 3.71. The van der Waals surface area contributed by atoms with Crippen LogP contribution in [0.1, 0.15) is 5.69 Å². The number of nitrogens with two attached hydrogens (primary N) is 1. The highest BCUT2D eigenvalue weighted by Crippen LogP contribution is 2.19. The van der Waals surface area contributed by atoms with Gasteiger partial charge in [-0.15, -0.1) is 0 Å². The highest BCUT2D eigenvalue weighted by Gasteiger charge is 2.15. The molecule has 0 saturated carbocycles. The lowest BCUT2D eigenvalue weighted by Gasteiger charge is -2.11. The van der Waals surface area contributed by atoms with Gasteiger partial charge in [0.05, 0.1) is 5.69 Å². The molecule has 0 saturated heterocycles. The molecule has 6 heteroatoms. The third-order valence-electron chi connectivity index (χ3n) is 2.69. The van der Waals surface area contributed by atoms with Crippen LogP contribution in [0, 0.1) is 6.92 Å². The van der Waals surface area contributed by atoms with Gasteiger partial charge in [0.1, 0.15) is 5.52 Å². The van der Waals surface area contributed by atoms with Gasteiger partial charge in [0, 0.05) is 20.1 Å². The quantitative estimate of drug-likeness (QED) is 0.807. The summed E-state index contributed by atoms with van der Waals surface area (Å²) in [5.41, 5.74) is 8.74. The second kappa shape index (κ2) is 3.79. The third kappa shape index (κ3) is 1.65. The summed E-state index contributed by atoms with van der Waals surface area (Å²) in [6, 6.07) is 0. The van der Waals surface area contributed by atoms with Gasteiger partial charge in [-0.05, 0) is 21.0 Å². The Kier molecular flexibility index (Phi) is 2.59. The molecule has 0 unspecified atom stereocenters. The average molecular weight is 222 g/mol. The summed E-state index contributed by atoms with van der Waals surface area (Å²) in [7, 11) is 6.00. The van der Waals surface area contributed by atoms with Crippen molar-refractivity contribution >= 4 is 17.1 Å². The van der Waals surface area contributed by atoms with E-state index in [1.165, 1.54) is 0 Å². The largest absolute Gasteiger partial charge is 0.369 e. The number of anilines is 1. The molecule has 0 atom stereocenters. The smallest absolute Gasteiger partial charge is 0.202 e. The second-order valence-corrected chi connectivity index (χ2v) is 4.31. The summed E-state index contributed by atoms with van der Waals surface area (Å²) >= 11 is 0. The summed E-state index contributed by atoms with van der Waals surface area (Å²) < 4.78 is 3.85. The molecular weight excluding hydrogens is 204 g/mol. The number of imidazole rings is 1. The van der Waals surface area contributed by atoms with Crippen LogP contribution in [-0.2, 0) is 13.6 Å². The van der Waals surface area contributed by atoms with E-state index in [2.05, 4.69) is 15.0 Å². The summed E-state index contributed by atoms with van der Waals surface area (Å²) in [6.07, 6.45) is 0. The van der Waals surface area contributed by atoms with Crippen LogP contribution in [0.4, 0.5) is 5.95 Å². The van der Waals surface area contributed by atoms with Crippen molar-refractivity contribution in [2.75, 3.05) is 26.4 Å². The van der Waals surface area contributed by atoms with Crippen LogP contribution in [0.25, 0.3) is 11.2 Å². The predicted molar refractivity (Wildman–Crippen MR) is 64.2 cm³/mol. The highest BCUT2D eigenvalue weighted by molar-refractivity contribution is 5.77. The maximum atomic E-state index is 5.91. The Morgan fingerprint density at radius 3 is 2.69 bits per heavy atom. The molecule has 2 aromatic heterocycles. The average Bonchev–Trinajstić information content (AvgIpc) is 2.63. The normalized spacial score (nSPS) is 11.8. The first-order chi connectivity index (χ1) is 7.50. The van der Waals surface area contributed by atoms with Crippen LogP contribution >= 0.6 is 0 Å². The highest BCUT2D eigenvalue weighted by atomic mass is 15.3. The van der Waals surface area contributed by atoms with Gasteiger partial charge < -0.3 is 10.6 Å². The Labute approximate surface area is 94.6 Å². The molecule has 0 spiro atoms. The monoisotopic (exact) mass is 222 g/mol. The van der Waals surface area contributed by atoms with Crippen LogP contribution in [0.5, 0.6) is 0 Å². The van der Waals surface area contributed by atoms with Crippen molar-refractivity contribution in [1.29, 1.82) is 0 Å². The van der Waals surface area contributed by atoms with Gasteiger partial charge in [-0.25, -0.2) is 4.98 Å². The number of likely N-dealkylation sites (N-methyl/N-ethyl adjacent to an activating group) is 1. The van der Waals surface area contributed by atoms with Gasteiger partial charge in [0.15, 0.2) is 5.65 Å². The Morgan fingerprint density at radius 2 is 2.06 bits per heavy atom.